The van der Waals surface area contributed by atoms with Gasteiger partial charge in [0.2, 0.25) is 5.88 Å². The van der Waals surface area contributed by atoms with Crippen molar-refractivity contribution in [3.63, 3.8) is 0 Å². The fourth-order valence-electron chi connectivity index (χ4n) is 3.75. The molecule has 0 saturated heterocycles. The lowest BCUT2D eigenvalue weighted by Gasteiger charge is -2.22. The smallest absolute Gasteiger partial charge is 0.344 e. The largest absolute Gasteiger partial charge is 0.479 e. The molecule has 1 aliphatic carbocycles. The van der Waals surface area contributed by atoms with Crippen LogP contribution in [0.3, 0.4) is 0 Å². The number of nitrogens with zero attached hydrogens (tertiary/aromatic N) is 2. The van der Waals surface area contributed by atoms with E-state index in [0.717, 1.165) is 17.7 Å². The van der Waals surface area contributed by atoms with Gasteiger partial charge in [0, 0.05) is 18.7 Å². The molecule has 0 bridgehead atoms. The van der Waals surface area contributed by atoms with Crippen molar-refractivity contribution in [1.29, 1.82) is 0 Å². The van der Waals surface area contributed by atoms with Crippen LogP contribution >= 0.6 is 23.2 Å². The molecule has 1 aromatic carbocycles. The van der Waals surface area contributed by atoms with Gasteiger partial charge in [-0.25, -0.2) is 9.48 Å². The molecular weight excluding hydrogens is 415 g/mol. The molecule has 3 rings (SSSR count). The van der Waals surface area contributed by atoms with E-state index in [1.165, 1.54) is 51.2 Å². The molecule has 0 unspecified atom stereocenters. The Bertz CT molecular complexity index is 891. The van der Waals surface area contributed by atoms with Crippen molar-refractivity contribution in [1.82, 2.24) is 9.78 Å². The van der Waals surface area contributed by atoms with Gasteiger partial charge in [-0.15, -0.1) is 0 Å². The molecule has 0 radical (unpaired) electrons. The van der Waals surface area contributed by atoms with Crippen molar-refractivity contribution in [2.24, 2.45) is 13.0 Å². The minimum absolute atomic E-state index is 0.202. The molecule has 0 aliphatic heterocycles. The summed E-state index contributed by atoms with van der Waals surface area (Å²) < 4.78 is 13.3. The minimum atomic E-state index is -1.09. The normalized spacial score (nSPS) is 15.9. The van der Waals surface area contributed by atoms with Gasteiger partial charge < -0.3 is 14.6 Å². The van der Waals surface area contributed by atoms with Crippen molar-refractivity contribution >= 4 is 29.2 Å². The number of halogens is 2. The Kier molecular flexibility index (Phi) is 6.96. The second-order valence-electron chi connectivity index (χ2n) is 7.61. The number of aromatic nitrogens is 2. The first kappa shape index (κ1) is 21.8. The molecule has 1 fully saturated rings. The summed E-state index contributed by atoms with van der Waals surface area (Å²) >= 11 is 12.5. The van der Waals surface area contributed by atoms with Crippen LogP contribution < -0.4 is 9.47 Å². The van der Waals surface area contributed by atoms with E-state index in [0.29, 0.717) is 22.6 Å². The lowest BCUT2D eigenvalue weighted by Crippen LogP contribution is -2.23. The SMILES string of the molecule is Cc1nn(C)c(Oc2cc(O[C@@H](C)C(=O)O)c(Cl)cc2Cl)c1CC1CCCCC1. The van der Waals surface area contributed by atoms with Crippen LogP contribution in [0, 0.1) is 12.8 Å². The average molecular weight is 441 g/mol. The first-order valence-electron chi connectivity index (χ1n) is 9.85. The molecular formula is C21H26Cl2N2O4. The molecule has 0 amide bonds. The maximum Gasteiger partial charge on any atom is 0.344 e. The molecule has 1 aromatic heterocycles. The number of hydrogen-bond donors (Lipinski definition) is 1. The molecule has 6 nitrogen and oxygen atoms in total. The van der Waals surface area contributed by atoms with E-state index in [1.54, 1.807) is 4.68 Å². The highest BCUT2D eigenvalue weighted by Crippen LogP contribution is 2.40. The molecule has 2 aromatic rings. The number of ether oxygens (including phenoxy) is 2. The Morgan fingerprint density at radius 1 is 1.24 bits per heavy atom. The van der Waals surface area contributed by atoms with E-state index < -0.39 is 12.1 Å². The van der Waals surface area contributed by atoms with Crippen LogP contribution in [-0.4, -0.2) is 27.0 Å². The summed E-state index contributed by atoms with van der Waals surface area (Å²) in [6, 6.07) is 3.02. The monoisotopic (exact) mass is 440 g/mol. The van der Waals surface area contributed by atoms with E-state index in [9.17, 15) is 4.79 Å². The van der Waals surface area contributed by atoms with Gasteiger partial charge in [0.15, 0.2) is 11.9 Å². The Morgan fingerprint density at radius 3 is 2.55 bits per heavy atom. The second kappa shape index (κ2) is 9.26. The number of carboxylic acid groups (broad SMARTS) is 1. The predicted octanol–water partition coefficient (Wildman–Crippen LogP) is 5.80. The number of aryl methyl sites for hydroxylation is 2. The van der Waals surface area contributed by atoms with Gasteiger partial charge >= 0.3 is 5.97 Å². The lowest BCUT2D eigenvalue weighted by molar-refractivity contribution is -0.144. The summed E-state index contributed by atoms with van der Waals surface area (Å²) in [5.41, 5.74) is 2.01. The Labute approximate surface area is 180 Å². The molecule has 1 N–H and O–H groups in total. The summed E-state index contributed by atoms with van der Waals surface area (Å²) in [6.07, 6.45) is 6.16. The first-order chi connectivity index (χ1) is 13.8. The van der Waals surface area contributed by atoms with Gasteiger partial charge in [0.05, 0.1) is 15.7 Å². The number of hydrogen-bond acceptors (Lipinski definition) is 4. The van der Waals surface area contributed by atoms with Crippen LogP contribution in [0.15, 0.2) is 12.1 Å². The quantitative estimate of drug-likeness (QED) is 0.588. The van der Waals surface area contributed by atoms with Gasteiger partial charge in [-0.3, -0.25) is 0 Å². The Balaban J connectivity index is 1.88. The number of rotatable bonds is 7. The van der Waals surface area contributed by atoms with Crippen molar-refractivity contribution in [3.05, 3.63) is 33.4 Å². The fourth-order valence-corrected chi connectivity index (χ4v) is 4.21. The van der Waals surface area contributed by atoms with Crippen LogP contribution in [-0.2, 0) is 18.3 Å². The Morgan fingerprint density at radius 2 is 1.90 bits per heavy atom. The van der Waals surface area contributed by atoms with Crippen molar-refractivity contribution in [2.45, 2.75) is 58.5 Å². The Hall–Kier alpha value is -1.92. The maximum atomic E-state index is 11.1. The average Bonchev–Trinajstić information content (AvgIpc) is 2.93. The highest BCUT2D eigenvalue weighted by atomic mass is 35.5. The van der Waals surface area contributed by atoms with E-state index in [-0.39, 0.29) is 10.8 Å². The van der Waals surface area contributed by atoms with E-state index in [1.807, 2.05) is 14.0 Å². The van der Waals surface area contributed by atoms with Crippen LogP contribution in [0.1, 0.15) is 50.3 Å². The summed E-state index contributed by atoms with van der Waals surface area (Å²) in [6.45, 7) is 3.41. The fraction of sp³-hybridized carbons (Fsp3) is 0.524. The van der Waals surface area contributed by atoms with Crippen LogP contribution in [0.2, 0.25) is 10.0 Å². The molecule has 1 heterocycles. The minimum Gasteiger partial charge on any atom is -0.479 e. The topological polar surface area (TPSA) is 73.6 Å². The lowest BCUT2D eigenvalue weighted by atomic mass is 9.85. The summed E-state index contributed by atoms with van der Waals surface area (Å²) in [7, 11) is 1.83. The number of carbonyl (C=O) groups is 1. The van der Waals surface area contributed by atoms with Crippen molar-refractivity contribution in [3.8, 4) is 17.4 Å². The number of aliphatic carboxylic acids is 1. The maximum absolute atomic E-state index is 11.1. The van der Waals surface area contributed by atoms with Gasteiger partial charge in [0.25, 0.3) is 0 Å². The van der Waals surface area contributed by atoms with E-state index in [4.69, 9.17) is 37.8 Å². The van der Waals surface area contributed by atoms with Crippen LogP contribution in [0.25, 0.3) is 0 Å². The third-order valence-electron chi connectivity index (χ3n) is 5.35. The van der Waals surface area contributed by atoms with Crippen LogP contribution in [0.4, 0.5) is 0 Å². The van der Waals surface area contributed by atoms with Crippen molar-refractivity contribution < 1.29 is 19.4 Å². The zero-order valence-electron chi connectivity index (χ0n) is 16.9. The van der Waals surface area contributed by atoms with E-state index in [2.05, 4.69) is 5.10 Å². The second-order valence-corrected chi connectivity index (χ2v) is 8.43. The van der Waals surface area contributed by atoms with Gasteiger partial charge in [-0.1, -0.05) is 55.3 Å². The summed E-state index contributed by atoms with van der Waals surface area (Å²) in [5, 5.41) is 14.1. The first-order valence-corrected chi connectivity index (χ1v) is 10.6. The predicted molar refractivity (Wildman–Crippen MR) is 112 cm³/mol. The third kappa shape index (κ3) is 5.17. The zero-order valence-corrected chi connectivity index (χ0v) is 18.4. The zero-order chi connectivity index (χ0) is 21.1. The molecule has 29 heavy (non-hydrogen) atoms. The van der Waals surface area contributed by atoms with E-state index >= 15 is 0 Å². The molecule has 1 aliphatic rings. The third-order valence-corrected chi connectivity index (χ3v) is 5.94. The standard InChI is InChI=1S/C21H26Cl2N2O4/c1-12-15(9-14-7-5-4-6-8-14)20(25(3)24-12)29-19-11-18(16(22)10-17(19)23)28-13(2)21(26)27/h10-11,13-14H,4-9H2,1-3H3,(H,26,27)/t13-/m0/s1. The van der Waals surface area contributed by atoms with Gasteiger partial charge in [-0.2, -0.15) is 5.10 Å². The van der Waals surface area contributed by atoms with Crippen molar-refractivity contribution in [2.75, 3.05) is 0 Å². The van der Waals surface area contributed by atoms with Gasteiger partial charge in [-0.05, 0) is 32.3 Å². The van der Waals surface area contributed by atoms with Crippen LogP contribution in [0.5, 0.6) is 17.4 Å². The molecule has 1 atom stereocenters. The molecule has 0 spiro atoms. The number of benzene rings is 1. The van der Waals surface area contributed by atoms with Gasteiger partial charge in [0.1, 0.15) is 5.75 Å². The summed E-state index contributed by atoms with van der Waals surface area (Å²) in [5.74, 6) is 0.722. The number of carboxylic acids is 1. The highest BCUT2D eigenvalue weighted by molar-refractivity contribution is 6.36. The highest BCUT2D eigenvalue weighted by Gasteiger charge is 2.23. The summed E-state index contributed by atoms with van der Waals surface area (Å²) in [4.78, 5) is 11.1. The molecule has 1 saturated carbocycles. The molecule has 8 heteroatoms. The molecule has 158 valence electrons.